The van der Waals surface area contributed by atoms with Gasteiger partial charge in [0.05, 0.1) is 5.69 Å². The number of rotatable bonds is 7. The molecule has 3 nitrogen and oxygen atoms in total. The number of nitrogens with zero attached hydrogens (tertiary/aromatic N) is 2. The molecule has 61 heavy (non-hydrogen) atoms. The first-order chi connectivity index (χ1) is 30.2. The maximum atomic E-state index is 7.04. The fourth-order valence-electron chi connectivity index (χ4n) is 9.24. The molecule has 0 saturated carbocycles. The number of furan rings is 1. The van der Waals surface area contributed by atoms with Crippen molar-refractivity contribution >= 4 is 109 Å². The zero-order chi connectivity index (χ0) is 40.4. The topological polar surface area (TPSA) is 19.6 Å². The molecule has 0 spiro atoms. The largest absolute Gasteiger partial charge is 0.455 e. The van der Waals surface area contributed by atoms with Crippen LogP contribution in [0, 0.1) is 6.92 Å². The Labute approximate surface area is 357 Å². The minimum Gasteiger partial charge on any atom is -0.455 e. The van der Waals surface area contributed by atoms with E-state index in [4.69, 9.17) is 4.42 Å². The zero-order valence-electron chi connectivity index (χ0n) is 33.4. The number of hydrogen-bond acceptors (Lipinski definition) is 4. The standard InChI is InChI=1S/C57H38N2OS/c1-37-24-26-40(27-25-37)58(39-16-6-3-7-17-39)43-29-32-49-53(36-43)60-57-48-31-28-41(34-50(48)45-19-8-9-21-47(45)56(49)57)59(52-22-12-10-18-44(52)38-14-4-2-5-15-38)42-30-33-55-51(35-42)46-20-11-13-23-54(46)61-55/h2-36H,1H3. The van der Waals surface area contributed by atoms with Crippen LogP contribution in [0.2, 0.25) is 0 Å². The van der Waals surface area contributed by atoms with E-state index in [1.165, 1.54) is 47.6 Å². The Morgan fingerprint density at radius 2 is 0.951 bits per heavy atom. The van der Waals surface area contributed by atoms with Crippen molar-refractivity contribution in [3.05, 3.63) is 218 Å². The second-order valence-electron chi connectivity index (χ2n) is 15.8. The molecule has 0 N–H and O–H groups in total. The van der Waals surface area contributed by atoms with Gasteiger partial charge in [0, 0.05) is 76.4 Å². The van der Waals surface area contributed by atoms with Crippen LogP contribution in [0.15, 0.2) is 217 Å². The molecule has 0 unspecified atom stereocenters. The van der Waals surface area contributed by atoms with Gasteiger partial charge in [-0.1, -0.05) is 127 Å². The average molecular weight is 799 g/mol. The Morgan fingerprint density at radius 1 is 0.377 bits per heavy atom. The summed E-state index contributed by atoms with van der Waals surface area (Å²) in [5.74, 6) is 0. The SMILES string of the molecule is Cc1ccc(N(c2ccccc2)c2ccc3c(c2)oc2c4ccc(N(c5ccc6sc7ccccc7c6c5)c5ccccc5-c5ccccc5)cc4c4ccccc4c32)cc1. The first-order valence-corrected chi connectivity index (χ1v) is 21.6. The van der Waals surface area contributed by atoms with Gasteiger partial charge >= 0.3 is 0 Å². The zero-order valence-corrected chi connectivity index (χ0v) is 34.2. The summed E-state index contributed by atoms with van der Waals surface area (Å²) < 4.78 is 9.63. The Morgan fingerprint density at radius 3 is 1.75 bits per heavy atom. The summed E-state index contributed by atoms with van der Waals surface area (Å²) in [4.78, 5) is 4.73. The fraction of sp³-hybridized carbons (Fsp3) is 0.0175. The maximum Gasteiger partial charge on any atom is 0.143 e. The minimum absolute atomic E-state index is 0.858. The van der Waals surface area contributed by atoms with Gasteiger partial charge in [0.2, 0.25) is 0 Å². The Kier molecular flexibility index (Phi) is 8.25. The van der Waals surface area contributed by atoms with E-state index in [1.807, 2.05) is 11.3 Å². The number of para-hydroxylation sites is 2. The van der Waals surface area contributed by atoms with Crippen molar-refractivity contribution in [2.75, 3.05) is 9.80 Å². The normalized spacial score (nSPS) is 11.7. The van der Waals surface area contributed by atoms with Crippen LogP contribution in [0.3, 0.4) is 0 Å². The van der Waals surface area contributed by atoms with Crippen LogP contribution in [-0.4, -0.2) is 0 Å². The maximum absolute atomic E-state index is 7.04. The van der Waals surface area contributed by atoms with E-state index in [2.05, 4.69) is 229 Å². The predicted octanol–water partition coefficient (Wildman–Crippen LogP) is 17.2. The molecule has 0 radical (unpaired) electrons. The van der Waals surface area contributed by atoms with Gasteiger partial charge in [-0.3, -0.25) is 0 Å². The average Bonchev–Trinajstić information content (AvgIpc) is 3.89. The van der Waals surface area contributed by atoms with Gasteiger partial charge in [-0.2, -0.15) is 0 Å². The first kappa shape index (κ1) is 35.3. The van der Waals surface area contributed by atoms with Crippen LogP contribution < -0.4 is 9.80 Å². The highest BCUT2D eigenvalue weighted by atomic mass is 32.1. The number of aryl methyl sites for hydroxylation is 1. The van der Waals surface area contributed by atoms with Gasteiger partial charge in [-0.05, 0) is 114 Å². The van der Waals surface area contributed by atoms with Crippen molar-refractivity contribution in [2.45, 2.75) is 6.92 Å². The Balaban J connectivity index is 1.08. The molecule has 12 rings (SSSR count). The fourth-order valence-corrected chi connectivity index (χ4v) is 10.3. The predicted molar refractivity (Wildman–Crippen MR) is 261 cm³/mol. The second kappa shape index (κ2) is 14.3. The molecule has 0 amide bonds. The summed E-state index contributed by atoms with van der Waals surface area (Å²) in [6.07, 6.45) is 0. The summed E-state index contributed by atoms with van der Waals surface area (Å²) in [5, 5.41) is 9.40. The van der Waals surface area contributed by atoms with E-state index in [9.17, 15) is 0 Å². The monoisotopic (exact) mass is 798 g/mol. The van der Waals surface area contributed by atoms with Gasteiger partial charge in [0.15, 0.2) is 0 Å². The van der Waals surface area contributed by atoms with E-state index in [-0.39, 0.29) is 0 Å². The van der Waals surface area contributed by atoms with Gasteiger partial charge in [-0.15, -0.1) is 11.3 Å². The smallest absolute Gasteiger partial charge is 0.143 e. The second-order valence-corrected chi connectivity index (χ2v) is 16.8. The van der Waals surface area contributed by atoms with E-state index >= 15 is 0 Å². The Hall–Kier alpha value is -7.66. The van der Waals surface area contributed by atoms with Crippen LogP contribution in [0.1, 0.15) is 5.56 Å². The van der Waals surface area contributed by atoms with E-state index in [0.29, 0.717) is 0 Å². The molecule has 0 fully saturated rings. The van der Waals surface area contributed by atoms with Crippen LogP contribution in [0.4, 0.5) is 34.1 Å². The molecule has 0 saturated heterocycles. The minimum atomic E-state index is 0.858. The lowest BCUT2D eigenvalue weighted by atomic mass is 9.95. The molecule has 4 heteroatoms. The molecular weight excluding hydrogens is 761 g/mol. The first-order valence-electron chi connectivity index (χ1n) is 20.7. The van der Waals surface area contributed by atoms with Gasteiger partial charge in [0.25, 0.3) is 0 Å². The van der Waals surface area contributed by atoms with E-state index in [0.717, 1.165) is 66.8 Å². The van der Waals surface area contributed by atoms with Crippen LogP contribution >= 0.6 is 11.3 Å². The van der Waals surface area contributed by atoms with Crippen molar-refractivity contribution in [1.82, 2.24) is 0 Å². The van der Waals surface area contributed by atoms with Gasteiger partial charge < -0.3 is 14.2 Å². The molecule has 0 aliphatic heterocycles. The van der Waals surface area contributed by atoms with Crippen molar-refractivity contribution < 1.29 is 4.42 Å². The van der Waals surface area contributed by atoms with Crippen LogP contribution in [-0.2, 0) is 0 Å². The summed E-state index contributed by atoms with van der Waals surface area (Å²) in [5.41, 5.74) is 11.9. The van der Waals surface area contributed by atoms with Crippen molar-refractivity contribution in [1.29, 1.82) is 0 Å². The molecule has 12 aromatic rings. The van der Waals surface area contributed by atoms with Crippen molar-refractivity contribution in [2.24, 2.45) is 0 Å². The number of anilines is 6. The summed E-state index contributed by atoms with van der Waals surface area (Å²) >= 11 is 1.85. The highest BCUT2D eigenvalue weighted by Gasteiger charge is 2.22. The lowest BCUT2D eigenvalue weighted by molar-refractivity contribution is 0.673. The lowest BCUT2D eigenvalue weighted by Gasteiger charge is -2.28. The number of thiophene rings is 1. The highest BCUT2D eigenvalue weighted by Crippen LogP contribution is 2.48. The molecule has 2 heterocycles. The summed E-state index contributed by atoms with van der Waals surface area (Å²) in [7, 11) is 0. The molecule has 10 aromatic carbocycles. The van der Waals surface area contributed by atoms with E-state index in [1.54, 1.807) is 0 Å². The molecular formula is C57H38N2OS. The van der Waals surface area contributed by atoms with Gasteiger partial charge in [-0.25, -0.2) is 0 Å². The van der Waals surface area contributed by atoms with Crippen molar-refractivity contribution in [3.63, 3.8) is 0 Å². The molecule has 0 aliphatic carbocycles. The number of fused-ring (bicyclic) bond motifs is 11. The molecule has 0 bridgehead atoms. The lowest BCUT2D eigenvalue weighted by Crippen LogP contribution is -2.11. The molecule has 288 valence electrons. The van der Waals surface area contributed by atoms with Gasteiger partial charge in [0.1, 0.15) is 11.2 Å². The molecule has 0 atom stereocenters. The quantitative estimate of drug-likeness (QED) is 0.150. The van der Waals surface area contributed by atoms with Crippen LogP contribution in [0.25, 0.3) is 74.8 Å². The van der Waals surface area contributed by atoms with Crippen molar-refractivity contribution in [3.8, 4) is 11.1 Å². The van der Waals surface area contributed by atoms with E-state index < -0.39 is 0 Å². The molecule has 0 aliphatic rings. The summed E-state index contributed by atoms with van der Waals surface area (Å²) in [6, 6.07) is 76.7. The van der Waals surface area contributed by atoms with Crippen LogP contribution in [0.5, 0.6) is 0 Å². The number of hydrogen-bond donors (Lipinski definition) is 0. The third-order valence-corrected chi connectivity index (χ3v) is 13.2. The third-order valence-electron chi connectivity index (χ3n) is 12.1. The number of benzene rings is 10. The highest BCUT2D eigenvalue weighted by molar-refractivity contribution is 7.25. The third kappa shape index (κ3) is 5.87. The molecule has 2 aromatic heterocycles. The summed E-state index contributed by atoms with van der Waals surface area (Å²) in [6.45, 7) is 2.13. The Bertz CT molecular complexity index is 3610.